The predicted molar refractivity (Wildman–Crippen MR) is 95.5 cm³/mol. The Kier molecular flexibility index (Phi) is 5.52. The average molecular weight is 374 g/mol. The normalized spacial score (nSPS) is 12.0. The molecule has 1 N–H and O–H groups in total. The number of carbonyl (C=O) groups is 1. The highest BCUT2D eigenvalue weighted by Crippen LogP contribution is 2.24. The number of nitrogens with one attached hydrogen (secondary N) is 1. The second kappa shape index (κ2) is 8.00. The molecule has 136 valence electrons. The number of hydrogen-bond acceptors (Lipinski definition) is 8. The summed E-state index contributed by atoms with van der Waals surface area (Å²) in [6, 6.07) is 9.05. The van der Waals surface area contributed by atoms with Crippen LogP contribution in [0.5, 0.6) is 5.75 Å². The van der Waals surface area contributed by atoms with Crippen molar-refractivity contribution < 1.29 is 14.1 Å². The van der Waals surface area contributed by atoms with Gasteiger partial charge in [0.2, 0.25) is 11.1 Å². The van der Waals surface area contributed by atoms with Crippen molar-refractivity contribution >= 4 is 23.5 Å². The Morgan fingerprint density at radius 3 is 2.81 bits per heavy atom. The van der Waals surface area contributed by atoms with Gasteiger partial charge in [0, 0.05) is 6.07 Å². The molecule has 26 heavy (non-hydrogen) atoms. The number of anilines is 1. The molecule has 9 nitrogen and oxygen atoms in total. The minimum atomic E-state index is -0.431. The van der Waals surface area contributed by atoms with Gasteiger partial charge in [-0.25, -0.2) is 0 Å². The number of aryl methyl sites for hydroxylation is 1. The predicted octanol–water partition coefficient (Wildman–Crippen LogP) is 2.48. The van der Waals surface area contributed by atoms with Crippen molar-refractivity contribution in [3.8, 4) is 11.4 Å². The number of aromatic nitrogens is 5. The summed E-state index contributed by atoms with van der Waals surface area (Å²) in [4.78, 5) is 12.3. The van der Waals surface area contributed by atoms with Crippen LogP contribution in [0.25, 0.3) is 5.69 Å². The molecule has 0 spiro atoms. The zero-order chi connectivity index (χ0) is 18.5. The molecule has 1 amide bonds. The Hall–Kier alpha value is -2.88. The van der Waals surface area contributed by atoms with E-state index in [9.17, 15) is 4.79 Å². The van der Waals surface area contributed by atoms with Crippen molar-refractivity contribution in [1.29, 1.82) is 0 Å². The van der Waals surface area contributed by atoms with Crippen molar-refractivity contribution in [1.82, 2.24) is 25.4 Å². The number of rotatable bonds is 7. The number of carbonyl (C=O) groups excluding carboxylic acids is 1. The Labute approximate surface area is 154 Å². The fourth-order valence-electron chi connectivity index (χ4n) is 2.13. The maximum atomic E-state index is 12.3. The lowest BCUT2D eigenvalue weighted by Crippen LogP contribution is -2.23. The van der Waals surface area contributed by atoms with Crippen molar-refractivity contribution in [3.63, 3.8) is 0 Å². The number of tetrazole rings is 1. The molecule has 3 aromatic rings. The summed E-state index contributed by atoms with van der Waals surface area (Å²) in [7, 11) is 0. The summed E-state index contributed by atoms with van der Waals surface area (Å²) in [5.41, 5.74) is 0.778. The van der Waals surface area contributed by atoms with E-state index in [0.29, 0.717) is 23.3 Å². The molecular formula is C16H18N6O3S. The molecule has 3 rings (SSSR count). The highest BCUT2D eigenvalue weighted by Gasteiger charge is 2.20. The number of nitrogens with zero attached hydrogens (tertiary/aromatic N) is 5. The zero-order valence-corrected chi connectivity index (χ0v) is 15.4. The molecule has 0 bridgehead atoms. The standard InChI is InChI=1S/C16H18N6O3S/c1-4-24-13-7-5-12(6-8-13)22-16(18-20-21-22)26-11(3)15(23)17-14-9-10(2)25-19-14/h5-9,11H,4H2,1-3H3,(H,17,19,23). The van der Waals surface area contributed by atoms with Gasteiger partial charge in [-0.15, -0.1) is 5.10 Å². The molecule has 1 unspecified atom stereocenters. The fourth-order valence-corrected chi connectivity index (χ4v) is 2.94. The number of benzene rings is 1. The maximum absolute atomic E-state index is 12.3. The molecule has 1 aromatic carbocycles. The van der Waals surface area contributed by atoms with E-state index in [-0.39, 0.29) is 5.91 Å². The molecule has 0 aliphatic heterocycles. The van der Waals surface area contributed by atoms with Crippen LogP contribution >= 0.6 is 11.8 Å². The summed E-state index contributed by atoms with van der Waals surface area (Å²) < 4.78 is 11.9. The molecule has 1 atom stereocenters. The molecule has 0 fully saturated rings. The Bertz CT molecular complexity index is 876. The first-order valence-electron chi connectivity index (χ1n) is 7.99. The van der Waals surface area contributed by atoms with Crippen LogP contribution in [0.4, 0.5) is 5.82 Å². The van der Waals surface area contributed by atoms with Crippen LogP contribution in [0, 0.1) is 6.92 Å². The molecule has 2 aromatic heterocycles. The number of amides is 1. The monoisotopic (exact) mass is 374 g/mol. The maximum Gasteiger partial charge on any atom is 0.238 e. The second-order valence-electron chi connectivity index (χ2n) is 5.37. The van der Waals surface area contributed by atoms with Gasteiger partial charge in [0.1, 0.15) is 11.5 Å². The van der Waals surface area contributed by atoms with Crippen molar-refractivity contribution in [2.24, 2.45) is 0 Å². The van der Waals surface area contributed by atoms with Gasteiger partial charge in [0.05, 0.1) is 17.5 Å². The zero-order valence-electron chi connectivity index (χ0n) is 14.5. The minimum Gasteiger partial charge on any atom is -0.494 e. The van der Waals surface area contributed by atoms with Crippen LogP contribution < -0.4 is 10.1 Å². The largest absolute Gasteiger partial charge is 0.494 e. The number of thioether (sulfide) groups is 1. The van der Waals surface area contributed by atoms with Crippen LogP contribution in [-0.2, 0) is 4.79 Å². The lowest BCUT2D eigenvalue weighted by atomic mass is 10.3. The first-order chi connectivity index (χ1) is 12.6. The highest BCUT2D eigenvalue weighted by atomic mass is 32.2. The summed E-state index contributed by atoms with van der Waals surface area (Å²) in [5.74, 6) is 1.56. The van der Waals surface area contributed by atoms with Gasteiger partial charge in [-0.3, -0.25) is 4.79 Å². The van der Waals surface area contributed by atoms with Crippen LogP contribution in [0.15, 0.2) is 40.0 Å². The quantitative estimate of drug-likeness (QED) is 0.628. The number of ether oxygens (including phenoxy) is 1. The highest BCUT2D eigenvalue weighted by molar-refractivity contribution is 8.00. The lowest BCUT2D eigenvalue weighted by molar-refractivity contribution is -0.115. The molecular weight excluding hydrogens is 356 g/mol. The van der Waals surface area contributed by atoms with E-state index in [1.165, 1.54) is 11.8 Å². The summed E-state index contributed by atoms with van der Waals surface area (Å²) in [5, 5.41) is 18.2. The van der Waals surface area contributed by atoms with Crippen molar-refractivity contribution in [2.75, 3.05) is 11.9 Å². The molecule has 2 heterocycles. The smallest absolute Gasteiger partial charge is 0.238 e. The van der Waals surface area contributed by atoms with E-state index < -0.39 is 5.25 Å². The SMILES string of the molecule is CCOc1ccc(-n2nnnc2SC(C)C(=O)Nc2cc(C)on2)cc1. The summed E-state index contributed by atoms with van der Waals surface area (Å²) in [6.07, 6.45) is 0. The van der Waals surface area contributed by atoms with Crippen molar-refractivity contribution in [3.05, 3.63) is 36.1 Å². The number of hydrogen-bond donors (Lipinski definition) is 1. The van der Waals surface area contributed by atoms with Gasteiger partial charge in [-0.05, 0) is 55.5 Å². The molecule has 0 radical (unpaired) electrons. The van der Waals surface area contributed by atoms with E-state index in [1.807, 2.05) is 31.2 Å². The molecule has 0 saturated heterocycles. The van der Waals surface area contributed by atoms with E-state index in [1.54, 1.807) is 24.6 Å². The van der Waals surface area contributed by atoms with Crippen LogP contribution in [0.2, 0.25) is 0 Å². The van der Waals surface area contributed by atoms with Gasteiger partial charge >= 0.3 is 0 Å². The van der Waals surface area contributed by atoms with E-state index in [0.717, 1.165) is 11.4 Å². The average Bonchev–Trinajstić information content (AvgIpc) is 3.25. The third kappa shape index (κ3) is 4.20. The van der Waals surface area contributed by atoms with Crippen molar-refractivity contribution in [2.45, 2.75) is 31.2 Å². The van der Waals surface area contributed by atoms with Gasteiger partial charge < -0.3 is 14.6 Å². The Balaban J connectivity index is 1.68. The Morgan fingerprint density at radius 2 is 2.15 bits per heavy atom. The molecule has 10 heteroatoms. The molecule has 0 saturated carbocycles. The van der Waals surface area contributed by atoms with E-state index in [2.05, 4.69) is 26.0 Å². The third-order valence-corrected chi connectivity index (χ3v) is 4.40. The van der Waals surface area contributed by atoms with Crippen LogP contribution in [-0.4, -0.2) is 43.1 Å². The third-order valence-electron chi connectivity index (χ3n) is 3.36. The van der Waals surface area contributed by atoms with Gasteiger partial charge in [-0.1, -0.05) is 16.9 Å². The van der Waals surface area contributed by atoms with E-state index >= 15 is 0 Å². The van der Waals surface area contributed by atoms with Gasteiger partial charge in [0.15, 0.2) is 5.82 Å². The minimum absolute atomic E-state index is 0.218. The second-order valence-corrected chi connectivity index (χ2v) is 6.68. The first-order valence-corrected chi connectivity index (χ1v) is 8.87. The van der Waals surface area contributed by atoms with Crippen LogP contribution in [0.1, 0.15) is 19.6 Å². The first kappa shape index (κ1) is 17.9. The molecule has 0 aliphatic rings. The molecule has 0 aliphatic carbocycles. The van der Waals surface area contributed by atoms with Gasteiger partial charge in [-0.2, -0.15) is 4.68 Å². The summed E-state index contributed by atoms with van der Waals surface area (Å²) in [6.45, 7) is 6.05. The fraction of sp³-hybridized carbons (Fsp3) is 0.312. The lowest BCUT2D eigenvalue weighted by Gasteiger charge is -2.10. The van der Waals surface area contributed by atoms with Gasteiger partial charge in [0.25, 0.3) is 0 Å². The topological polar surface area (TPSA) is 108 Å². The van der Waals surface area contributed by atoms with E-state index in [4.69, 9.17) is 9.26 Å². The van der Waals surface area contributed by atoms with Crippen LogP contribution in [0.3, 0.4) is 0 Å². The summed E-state index contributed by atoms with van der Waals surface area (Å²) >= 11 is 1.25. The Morgan fingerprint density at radius 1 is 1.38 bits per heavy atom.